The molecular weight excluding hydrogens is 348 g/mol. The van der Waals surface area contributed by atoms with Gasteiger partial charge < -0.3 is 23.7 Å². The fraction of sp³-hybridized carbons (Fsp3) is 0.571. The van der Waals surface area contributed by atoms with E-state index in [1.807, 2.05) is 20.8 Å². The number of aryl methyl sites for hydroxylation is 1. The molecule has 0 radical (unpaired) electrons. The first kappa shape index (κ1) is 19.7. The van der Waals surface area contributed by atoms with E-state index < -0.39 is 11.7 Å². The minimum Gasteiger partial charge on any atom is -0.490 e. The lowest BCUT2D eigenvalue weighted by molar-refractivity contribution is 0.0175. The lowest BCUT2D eigenvalue weighted by Crippen LogP contribution is -2.32. The summed E-state index contributed by atoms with van der Waals surface area (Å²) in [7, 11) is 1.62. The van der Waals surface area contributed by atoms with Gasteiger partial charge in [-0.1, -0.05) is 20.3 Å². The predicted octanol–water partition coefficient (Wildman–Crippen LogP) is 3.61. The molecule has 3 rings (SSSR count). The maximum atomic E-state index is 12.2. The van der Waals surface area contributed by atoms with Crippen molar-refractivity contribution in [2.75, 3.05) is 13.7 Å². The molecule has 4 atom stereocenters. The molecule has 1 aromatic carbocycles. The molecule has 0 bridgehead atoms. The van der Waals surface area contributed by atoms with Crippen LogP contribution < -0.4 is 15.1 Å². The molecule has 1 aliphatic heterocycles. The van der Waals surface area contributed by atoms with E-state index in [1.165, 1.54) is 6.07 Å². The van der Waals surface area contributed by atoms with Gasteiger partial charge in [0.2, 0.25) is 0 Å². The average molecular weight is 376 g/mol. The van der Waals surface area contributed by atoms with Crippen LogP contribution in [0.1, 0.15) is 51.3 Å². The van der Waals surface area contributed by atoms with Gasteiger partial charge in [0.25, 0.3) is 0 Å². The smallest absolute Gasteiger partial charge is 0.336 e. The standard InChI is InChI=1S/C21H28O6/c1-6-7-14-8-17(22)27-21-18(14)15(25-11(2)10-24-5)9-16-19(21)20(23)12(3)13(4)26-16/h8-9,11-13,20,23H,6-7,10H2,1-5H3. The Morgan fingerprint density at radius 2 is 2.04 bits per heavy atom. The zero-order valence-corrected chi connectivity index (χ0v) is 16.6. The largest absolute Gasteiger partial charge is 0.490 e. The third-order valence-corrected chi connectivity index (χ3v) is 5.16. The van der Waals surface area contributed by atoms with Crippen molar-refractivity contribution in [3.8, 4) is 11.5 Å². The molecule has 0 saturated heterocycles. The second-order valence-electron chi connectivity index (χ2n) is 7.34. The van der Waals surface area contributed by atoms with Crippen molar-refractivity contribution in [1.82, 2.24) is 0 Å². The van der Waals surface area contributed by atoms with Crippen molar-refractivity contribution in [1.29, 1.82) is 0 Å². The summed E-state index contributed by atoms with van der Waals surface area (Å²) in [4.78, 5) is 12.2. The molecule has 27 heavy (non-hydrogen) atoms. The Morgan fingerprint density at radius 3 is 2.70 bits per heavy atom. The molecule has 6 heteroatoms. The number of hydrogen-bond donors (Lipinski definition) is 1. The zero-order chi connectivity index (χ0) is 19.7. The quantitative estimate of drug-likeness (QED) is 0.776. The molecule has 2 aromatic rings. The predicted molar refractivity (Wildman–Crippen MR) is 103 cm³/mol. The Labute approximate surface area is 159 Å². The zero-order valence-electron chi connectivity index (χ0n) is 16.6. The van der Waals surface area contributed by atoms with Gasteiger partial charge in [-0.3, -0.25) is 0 Å². The number of ether oxygens (including phenoxy) is 3. The minimum absolute atomic E-state index is 0.125. The number of aliphatic hydroxyl groups is 1. The summed E-state index contributed by atoms with van der Waals surface area (Å²) in [6, 6.07) is 3.31. The minimum atomic E-state index is -0.781. The van der Waals surface area contributed by atoms with Crippen molar-refractivity contribution in [2.45, 2.75) is 58.8 Å². The molecule has 1 aliphatic rings. The van der Waals surface area contributed by atoms with Gasteiger partial charge in [-0.05, 0) is 25.8 Å². The Bertz CT molecular complexity index is 871. The summed E-state index contributed by atoms with van der Waals surface area (Å²) in [5, 5.41) is 11.6. The van der Waals surface area contributed by atoms with Crippen LogP contribution in [0.15, 0.2) is 21.3 Å². The summed E-state index contributed by atoms with van der Waals surface area (Å²) >= 11 is 0. The molecule has 1 N–H and O–H groups in total. The van der Waals surface area contributed by atoms with E-state index in [0.717, 1.165) is 17.4 Å². The summed E-state index contributed by atoms with van der Waals surface area (Å²) < 4.78 is 22.9. The van der Waals surface area contributed by atoms with Gasteiger partial charge in [-0.2, -0.15) is 0 Å². The van der Waals surface area contributed by atoms with Crippen LogP contribution in [0.2, 0.25) is 0 Å². The molecule has 0 fully saturated rings. The first-order valence-corrected chi connectivity index (χ1v) is 9.51. The van der Waals surface area contributed by atoms with Gasteiger partial charge in [0, 0.05) is 25.2 Å². The first-order chi connectivity index (χ1) is 12.9. The van der Waals surface area contributed by atoms with Crippen LogP contribution in [0.25, 0.3) is 11.0 Å². The SMILES string of the molecule is CCCc1cc(=O)oc2c3c(cc(OC(C)COC)c12)OC(C)C(C)C3O. The summed E-state index contributed by atoms with van der Waals surface area (Å²) in [6.45, 7) is 8.22. The van der Waals surface area contributed by atoms with Crippen LogP contribution in [0, 0.1) is 5.92 Å². The maximum absolute atomic E-state index is 12.2. The highest BCUT2D eigenvalue weighted by atomic mass is 16.5. The van der Waals surface area contributed by atoms with Crippen molar-refractivity contribution >= 4 is 11.0 Å². The van der Waals surface area contributed by atoms with Gasteiger partial charge in [-0.15, -0.1) is 0 Å². The van der Waals surface area contributed by atoms with Crippen LogP contribution in [-0.2, 0) is 11.2 Å². The van der Waals surface area contributed by atoms with E-state index in [1.54, 1.807) is 13.2 Å². The normalized spacial score (nSPS) is 23.0. The van der Waals surface area contributed by atoms with Crippen molar-refractivity contribution in [2.24, 2.45) is 5.92 Å². The van der Waals surface area contributed by atoms with E-state index in [2.05, 4.69) is 6.92 Å². The van der Waals surface area contributed by atoms with Crippen LogP contribution >= 0.6 is 0 Å². The summed E-state index contributed by atoms with van der Waals surface area (Å²) in [5.41, 5.74) is 1.30. The van der Waals surface area contributed by atoms with E-state index >= 15 is 0 Å². The van der Waals surface area contributed by atoms with Gasteiger partial charge in [-0.25, -0.2) is 4.79 Å². The lowest BCUT2D eigenvalue weighted by atomic mass is 9.87. The van der Waals surface area contributed by atoms with Crippen molar-refractivity contribution in [3.05, 3.63) is 33.7 Å². The van der Waals surface area contributed by atoms with Gasteiger partial charge >= 0.3 is 5.63 Å². The Hall–Kier alpha value is -2.05. The number of hydrogen-bond acceptors (Lipinski definition) is 6. The number of rotatable bonds is 6. The summed E-state index contributed by atoms with van der Waals surface area (Å²) in [6.07, 6.45) is 0.438. The number of aliphatic hydroxyl groups excluding tert-OH is 1. The van der Waals surface area contributed by atoms with Crippen LogP contribution in [0.5, 0.6) is 11.5 Å². The Balaban J connectivity index is 2.29. The van der Waals surface area contributed by atoms with Gasteiger partial charge in [0.1, 0.15) is 23.7 Å². The molecule has 4 unspecified atom stereocenters. The molecule has 0 saturated carbocycles. The van der Waals surface area contributed by atoms with Crippen molar-refractivity contribution < 1.29 is 23.7 Å². The van der Waals surface area contributed by atoms with Crippen molar-refractivity contribution in [3.63, 3.8) is 0 Å². The molecule has 148 valence electrons. The van der Waals surface area contributed by atoms with E-state index in [-0.39, 0.29) is 18.1 Å². The highest BCUT2D eigenvalue weighted by Crippen LogP contribution is 2.46. The van der Waals surface area contributed by atoms with E-state index in [4.69, 9.17) is 18.6 Å². The third-order valence-electron chi connectivity index (χ3n) is 5.16. The van der Waals surface area contributed by atoms with Crippen LogP contribution in [0.4, 0.5) is 0 Å². The topological polar surface area (TPSA) is 78.1 Å². The van der Waals surface area contributed by atoms with Gasteiger partial charge in [0.05, 0.1) is 23.7 Å². The fourth-order valence-corrected chi connectivity index (χ4v) is 3.63. The second kappa shape index (κ2) is 7.90. The summed E-state index contributed by atoms with van der Waals surface area (Å²) in [5.74, 6) is 0.950. The monoisotopic (exact) mass is 376 g/mol. The molecule has 0 aliphatic carbocycles. The number of benzene rings is 1. The molecular formula is C21H28O6. The molecule has 2 heterocycles. The van der Waals surface area contributed by atoms with E-state index in [9.17, 15) is 9.90 Å². The Kier molecular flexibility index (Phi) is 5.77. The first-order valence-electron chi connectivity index (χ1n) is 9.51. The lowest BCUT2D eigenvalue weighted by Gasteiger charge is -2.34. The van der Waals surface area contributed by atoms with Crippen LogP contribution in [-0.4, -0.2) is 31.0 Å². The van der Waals surface area contributed by atoms with Crippen LogP contribution in [0.3, 0.4) is 0 Å². The third kappa shape index (κ3) is 3.69. The molecule has 0 spiro atoms. The maximum Gasteiger partial charge on any atom is 0.336 e. The average Bonchev–Trinajstić information content (AvgIpc) is 2.59. The molecule has 1 aromatic heterocycles. The number of methoxy groups -OCH3 is 1. The highest BCUT2D eigenvalue weighted by Gasteiger charge is 2.36. The van der Waals surface area contributed by atoms with E-state index in [0.29, 0.717) is 35.7 Å². The molecule has 6 nitrogen and oxygen atoms in total. The number of fused-ring (bicyclic) bond motifs is 3. The highest BCUT2D eigenvalue weighted by molar-refractivity contribution is 5.91. The fourth-order valence-electron chi connectivity index (χ4n) is 3.63. The van der Waals surface area contributed by atoms with Gasteiger partial charge in [0.15, 0.2) is 5.58 Å². The molecule has 0 amide bonds. The second-order valence-corrected chi connectivity index (χ2v) is 7.34. The Morgan fingerprint density at radius 1 is 1.30 bits per heavy atom.